The zero-order chi connectivity index (χ0) is 23.9. The van der Waals surface area contributed by atoms with Crippen molar-refractivity contribution in [2.24, 2.45) is 4.99 Å². The van der Waals surface area contributed by atoms with E-state index in [1.54, 1.807) is 43.4 Å². The van der Waals surface area contributed by atoms with Gasteiger partial charge in [-0.3, -0.25) is 14.5 Å². The second kappa shape index (κ2) is 10.9. The second-order valence-electron chi connectivity index (χ2n) is 7.59. The van der Waals surface area contributed by atoms with Crippen LogP contribution in [0.5, 0.6) is 11.5 Å². The summed E-state index contributed by atoms with van der Waals surface area (Å²) in [5.74, 6) is 1.02. The number of nitrogens with one attached hydrogen (secondary N) is 1. The van der Waals surface area contributed by atoms with Crippen LogP contribution in [0.1, 0.15) is 12.0 Å². The van der Waals surface area contributed by atoms with Crippen LogP contribution < -0.4 is 14.8 Å². The number of rotatable bonds is 7. The van der Waals surface area contributed by atoms with Gasteiger partial charge in [-0.05, 0) is 54.1 Å². The minimum Gasteiger partial charge on any atom is -0.497 e. The number of methoxy groups -OCH3 is 2. The van der Waals surface area contributed by atoms with Crippen molar-refractivity contribution in [1.29, 1.82) is 0 Å². The molecular formula is C26H25N3O4S. The van der Waals surface area contributed by atoms with E-state index in [9.17, 15) is 9.59 Å². The van der Waals surface area contributed by atoms with Gasteiger partial charge in [0.25, 0.3) is 0 Å². The van der Waals surface area contributed by atoms with Crippen molar-refractivity contribution in [3.05, 3.63) is 84.4 Å². The number of carbonyl (C=O) groups excluding carboxylic acids is 2. The molecule has 8 heteroatoms. The molecule has 1 fully saturated rings. The number of ether oxygens (including phenoxy) is 2. The minimum absolute atomic E-state index is 0.0844. The molecule has 1 saturated heterocycles. The first kappa shape index (κ1) is 23.4. The summed E-state index contributed by atoms with van der Waals surface area (Å²) < 4.78 is 10.4. The summed E-state index contributed by atoms with van der Waals surface area (Å²) in [6.07, 6.45) is 0.0844. The molecule has 7 nitrogen and oxygen atoms in total. The Bertz CT molecular complexity index is 1160. The van der Waals surface area contributed by atoms with Gasteiger partial charge in [0, 0.05) is 12.1 Å². The predicted molar refractivity (Wildman–Crippen MR) is 135 cm³/mol. The van der Waals surface area contributed by atoms with Gasteiger partial charge in [0.05, 0.1) is 26.5 Å². The van der Waals surface area contributed by atoms with E-state index in [1.165, 1.54) is 11.8 Å². The van der Waals surface area contributed by atoms with Gasteiger partial charge in [-0.1, -0.05) is 42.1 Å². The molecule has 0 bridgehead atoms. The second-order valence-corrected chi connectivity index (χ2v) is 8.76. The number of anilines is 1. The fourth-order valence-electron chi connectivity index (χ4n) is 3.43. The lowest BCUT2D eigenvalue weighted by Crippen LogP contribution is -2.44. The van der Waals surface area contributed by atoms with Crippen molar-refractivity contribution in [1.82, 2.24) is 4.90 Å². The maximum atomic E-state index is 13.2. The Morgan fingerprint density at radius 1 is 0.971 bits per heavy atom. The highest BCUT2D eigenvalue weighted by Crippen LogP contribution is 2.31. The molecule has 34 heavy (non-hydrogen) atoms. The van der Waals surface area contributed by atoms with Crippen molar-refractivity contribution in [2.75, 3.05) is 19.5 Å². The highest BCUT2D eigenvalue weighted by molar-refractivity contribution is 8.15. The Kier molecular flexibility index (Phi) is 7.49. The van der Waals surface area contributed by atoms with Crippen LogP contribution >= 0.6 is 11.8 Å². The molecule has 0 aliphatic carbocycles. The molecule has 3 aromatic carbocycles. The molecule has 3 aromatic rings. The maximum absolute atomic E-state index is 13.2. The van der Waals surface area contributed by atoms with Crippen molar-refractivity contribution in [2.45, 2.75) is 18.2 Å². The van der Waals surface area contributed by atoms with Crippen LogP contribution in [-0.2, 0) is 16.1 Å². The van der Waals surface area contributed by atoms with Crippen LogP contribution in [0.4, 0.5) is 11.4 Å². The number of carbonyl (C=O) groups is 2. The van der Waals surface area contributed by atoms with Crippen molar-refractivity contribution in [3.8, 4) is 11.5 Å². The first-order valence-electron chi connectivity index (χ1n) is 10.7. The van der Waals surface area contributed by atoms with Crippen LogP contribution in [0.3, 0.4) is 0 Å². The van der Waals surface area contributed by atoms with Gasteiger partial charge >= 0.3 is 0 Å². The standard InChI is InChI=1S/C26H25N3O4S/c1-32-21-12-8-19(9-13-21)27-25(31)23-16-24(30)29(17-18-6-4-3-5-7-18)26(34-23)28-20-10-14-22(33-2)15-11-20/h3-15,23H,16-17H2,1-2H3,(H,27,31). The number of hydrogen-bond donors (Lipinski definition) is 1. The smallest absolute Gasteiger partial charge is 0.238 e. The minimum atomic E-state index is -0.598. The van der Waals surface area contributed by atoms with Gasteiger partial charge in [0.1, 0.15) is 16.7 Å². The van der Waals surface area contributed by atoms with Gasteiger partial charge in [-0.25, -0.2) is 4.99 Å². The molecule has 0 saturated carbocycles. The van der Waals surface area contributed by atoms with E-state index in [0.717, 1.165) is 5.56 Å². The Balaban J connectivity index is 1.57. The molecule has 4 rings (SSSR count). The molecule has 1 aliphatic rings. The van der Waals surface area contributed by atoms with E-state index in [4.69, 9.17) is 14.5 Å². The third-order valence-electron chi connectivity index (χ3n) is 5.27. The summed E-state index contributed by atoms with van der Waals surface area (Å²) in [5, 5.41) is 2.78. The Morgan fingerprint density at radius 3 is 2.21 bits per heavy atom. The molecular weight excluding hydrogens is 450 g/mol. The van der Waals surface area contributed by atoms with Gasteiger partial charge in [-0.15, -0.1) is 0 Å². The van der Waals surface area contributed by atoms with E-state index in [-0.39, 0.29) is 18.2 Å². The lowest BCUT2D eigenvalue weighted by molar-refractivity contribution is -0.129. The van der Waals surface area contributed by atoms with Gasteiger partial charge in [-0.2, -0.15) is 0 Å². The van der Waals surface area contributed by atoms with Crippen molar-refractivity contribution < 1.29 is 19.1 Å². The highest BCUT2D eigenvalue weighted by atomic mass is 32.2. The predicted octanol–water partition coefficient (Wildman–Crippen LogP) is 4.86. The van der Waals surface area contributed by atoms with Gasteiger partial charge in [0.15, 0.2) is 5.17 Å². The normalized spacial score (nSPS) is 16.9. The number of thioether (sulfide) groups is 1. The number of amidine groups is 1. The van der Waals surface area contributed by atoms with Crippen LogP contribution in [-0.4, -0.2) is 41.4 Å². The Hall–Kier alpha value is -3.78. The van der Waals surface area contributed by atoms with Gasteiger partial charge < -0.3 is 14.8 Å². The molecule has 1 unspecified atom stereocenters. The quantitative estimate of drug-likeness (QED) is 0.528. The first-order chi connectivity index (χ1) is 16.6. The van der Waals surface area contributed by atoms with E-state index in [0.29, 0.717) is 34.6 Å². The Labute approximate surface area is 202 Å². The number of hydrogen-bond acceptors (Lipinski definition) is 6. The molecule has 0 radical (unpaired) electrons. The monoisotopic (exact) mass is 475 g/mol. The summed E-state index contributed by atoms with van der Waals surface area (Å²) in [6.45, 7) is 0.383. The summed E-state index contributed by atoms with van der Waals surface area (Å²) in [5.41, 5.74) is 2.30. The highest BCUT2D eigenvalue weighted by Gasteiger charge is 2.36. The summed E-state index contributed by atoms with van der Waals surface area (Å²) in [4.78, 5) is 32.5. The molecule has 1 N–H and O–H groups in total. The number of aliphatic imine (C=N–C) groups is 1. The maximum Gasteiger partial charge on any atom is 0.238 e. The summed E-state index contributed by atoms with van der Waals surface area (Å²) >= 11 is 1.29. The van der Waals surface area contributed by atoms with Crippen LogP contribution in [0.25, 0.3) is 0 Å². The third-order valence-corrected chi connectivity index (χ3v) is 6.46. The van der Waals surface area contributed by atoms with Crippen LogP contribution in [0.2, 0.25) is 0 Å². The van der Waals surface area contributed by atoms with E-state index < -0.39 is 5.25 Å². The van der Waals surface area contributed by atoms with Crippen LogP contribution in [0, 0.1) is 0 Å². The fourth-order valence-corrected chi connectivity index (χ4v) is 4.53. The Morgan fingerprint density at radius 2 is 1.59 bits per heavy atom. The van der Waals surface area contributed by atoms with E-state index >= 15 is 0 Å². The molecule has 1 heterocycles. The third kappa shape index (κ3) is 5.77. The fraction of sp³-hybridized carbons (Fsp3) is 0.192. The van der Waals surface area contributed by atoms with E-state index in [1.807, 2.05) is 54.6 Å². The average molecular weight is 476 g/mol. The SMILES string of the molecule is COc1ccc(N=C2SC(C(=O)Nc3ccc(OC)cc3)CC(=O)N2Cc2ccccc2)cc1. The topological polar surface area (TPSA) is 80.2 Å². The zero-order valence-corrected chi connectivity index (χ0v) is 19.7. The first-order valence-corrected chi connectivity index (χ1v) is 11.6. The largest absolute Gasteiger partial charge is 0.497 e. The lowest BCUT2D eigenvalue weighted by atomic mass is 10.2. The summed E-state index contributed by atoms with van der Waals surface area (Å²) in [6, 6.07) is 24.1. The zero-order valence-electron chi connectivity index (χ0n) is 18.9. The lowest BCUT2D eigenvalue weighted by Gasteiger charge is -2.32. The molecule has 1 aliphatic heterocycles. The van der Waals surface area contributed by atoms with Crippen molar-refractivity contribution in [3.63, 3.8) is 0 Å². The molecule has 0 aromatic heterocycles. The van der Waals surface area contributed by atoms with Gasteiger partial charge in [0.2, 0.25) is 11.8 Å². The van der Waals surface area contributed by atoms with E-state index in [2.05, 4.69) is 5.32 Å². The van der Waals surface area contributed by atoms with Crippen molar-refractivity contribution >= 4 is 40.1 Å². The summed E-state index contributed by atoms with van der Waals surface area (Å²) in [7, 11) is 3.19. The average Bonchev–Trinajstić information content (AvgIpc) is 2.87. The molecule has 174 valence electrons. The number of amides is 2. The molecule has 0 spiro atoms. The van der Waals surface area contributed by atoms with Crippen LogP contribution in [0.15, 0.2) is 83.9 Å². The number of nitrogens with zero attached hydrogens (tertiary/aromatic N) is 2. The number of benzene rings is 3. The molecule has 1 atom stereocenters. The molecule has 2 amide bonds.